The third-order valence-corrected chi connectivity index (χ3v) is 9.69. The molecule has 1 aliphatic rings. The van der Waals surface area contributed by atoms with E-state index in [0.29, 0.717) is 38.5 Å². The fourth-order valence-corrected chi connectivity index (χ4v) is 7.15. The molecule has 4 atom stereocenters. The lowest BCUT2D eigenvalue weighted by molar-refractivity contribution is -0.256. The number of ether oxygens (including phenoxy) is 2. The minimum absolute atomic E-state index is 0.153. The molecule has 1 fully saturated rings. The average molecular weight is 787 g/mol. The number of rotatable bonds is 19. The van der Waals surface area contributed by atoms with Gasteiger partial charge in [0.15, 0.2) is 0 Å². The van der Waals surface area contributed by atoms with E-state index in [-0.39, 0.29) is 31.3 Å². The predicted molar refractivity (Wildman–Crippen MR) is 217 cm³/mol. The summed E-state index contributed by atoms with van der Waals surface area (Å²) in [4.78, 5) is 67.3. The molecule has 2 rings (SSSR count). The highest BCUT2D eigenvalue weighted by atomic mass is 16.6. The van der Waals surface area contributed by atoms with E-state index < -0.39 is 70.8 Å². The van der Waals surface area contributed by atoms with E-state index in [0.717, 1.165) is 5.56 Å². The molecule has 1 aromatic rings. The summed E-state index contributed by atoms with van der Waals surface area (Å²) in [5, 5.41) is 20.2. The SMILES string of the molecule is CCCN(C(=O)[C@H](/C=C/[C@H](CC(C)C)NC(=O)OC(C)(C)C)Cc1ccccc1)[C@@H](C)C(=O)N[C@@H](CCCNC(=O)OC1CC(C)(C)N(O)C(C)(C)C1)C(N)=O. The zero-order valence-electron chi connectivity index (χ0n) is 35.6. The van der Waals surface area contributed by atoms with Crippen LogP contribution in [0.25, 0.3) is 0 Å². The smallest absolute Gasteiger partial charge is 0.408 e. The van der Waals surface area contributed by atoms with Crippen LogP contribution in [-0.4, -0.2) is 99.1 Å². The first-order chi connectivity index (χ1) is 26.0. The Morgan fingerprint density at radius 3 is 2.12 bits per heavy atom. The van der Waals surface area contributed by atoms with Gasteiger partial charge in [0.05, 0.1) is 12.0 Å². The summed E-state index contributed by atoms with van der Waals surface area (Å²) in [6.07, 6.45) is 5.02. The normalized spacial score (nSPS) is 18.0. The van der Waals surface area contributed by atoms with Crippen molar-refractivity contribution in [3.8, 4) is 0 Å². The van der Waals surface area contributed by atoms with Gasteiger partial charge in [-0.25, -0.2) is 9.59 Å². The molecule has 1 saturated heterocycles. The molecular formula is C42H70N6O8. The van der Waals surface area contributed by atoms with E-state index in [1.807, 2.05) is 84.9 Å². The summed E-state index contributed by atoms with van der Waals surface area (Å²) in [5.74, 6) is -1.97. The molecule has 0 unspecified atom stereocenters. The number of primary amides is 1. The largest absolute Gasteiger partial charge is 0.446 e. The lowest BCUT2D eigenvalue weighted by Gasteiger charge is -2.50. The Morgan fingerprint density at radius 1 is 0.982 bits per heavy atom. The van der Waals surface area contributed by atoms with Crippen molar-refractivity contribution in [3.05, 3.63) is 48.0 Å². The lowest BCUT2D eigenvalue weighted by atomic mass is 9.80. The van der Waals surface area contributed by atoms with Crippen LogP contribution in [0.5, 0.6) is 0 Å². The molecule has 0 aromatic heterocycles. The van der Waals surface area contributed by atoms with E-state index in [1.54, 1.807) is 33.8 Å². The van der Waals surface area contributed by atoms with Crippen LogP contribution in [0.15, 0.2) is 42.5 Å². The van der Waals surface area contributed by atoms with Crippen molar-refractivity contribution in [2.45, 2.75) is 162 Å². The van der Waals surface area contributed by atoms with Crippen molar-refractivity contribution >= 4 is 29.9 Å². The molecule has 0 saturated carbocycles. The molecule has 0 aliphatic carbocycles. The van der Waals surface area contributed by atoms with E-state index in [9.17, 15) is 29.2 Å². The van der Waals surface area contributed by atoms with Crippen LogP contribution < -0.4 is 21.7 Å². The number of carbonyl (C=O) groups excluding carboxylic acids is 5. The van der Waals surface area contributed by atoms with E-state index in [2.05, 4.69) is 16.0 Å². The number of nitrogens with one attached hydrogen (secondary N) is 3. The summed E-state index contributed by atoms with van der Waals surface area (Å²) in [6, 6.07) is 7.20. The standard InChI is InChI=1S/C42H70N6O8/c1-12-23-47(37(51)31(25-30-17-14-13-15-18-30)20-21-32(24-28(2)3)45-39(53)56-40(5,6)7)29(4)36(50)46-34(35(43)49)19-16-22-44-38(52)55-33-26-41(8,9)48(54)42(10,11)27-33/h13-15,17-18,20-21,28-29,31-34,54H,12,16,19,22-27H2,1-11H3,(H2,43,49)(H,44,52)(H,45,53)(H,46,50)/b21-20+/t29-,31+,32+,34-/m0/s1. The van der Waals surface area contributed by atoms with Crippen molar-refractivity contribution in [2.75, 3.05) is 13.1 Å². The fourth-order valence-electron chi connectivity index (χ4n) is 7.15. The van der Waals surface area contributed by atoms with Gasteiger partial charge in [0, 0.05) is 37.0 Å². The van der Waals surface area contributed by atoms with Crippen molar-refractivity contribution in [3.63, 3.8) is 0 Å². The number of carbonyl (C=O) groups is 5. The number of hydrogen-bond acceptors (Lipinski definition) is 9. The van der Waals surface area contributed by atoms with Crippen LogP contribution in [0.4, 0.5) is 9.59 Å². The van der Waals surface area contributed by atoms with Gasteiger partial charge in [0.1, 0.15) is 23.8 Å². The summed E-state index contributed by atoms with van der Waals surface area (Å²) in [5.41, 5.74) is 4.79. The first-order valence-electron chi connectivity index (χ1n) is 20.0. The van der Waals surface area contributed by atoms with Gasteiger partial charge in [0.25, 0.3) is 0 Å². The van der Waals surface area contributed by atoms with Crippen LogP contribution in [0, 0.1) is 11.8 Å². The number of piperidine rings is 1. The Kier molecular flexibility index (Phi) is 18.3. The molecule has 1 aliphatic heterocycles. The number of hydrogen-bond donors (Lipinski definition) is 5. The fraction of sp³-hybridized carbons (Fsp3) is 0.690. The molecule has 0 bridgehead atoms. The zero-order chi connectivity index (χ0) is 42.4. The maximum Gasteiger partial charge on any atom is 0.408 e. The van der Waals surface area contributed by atoms with Crippen LogP contribution in [0.3, 0.4) is 0 Å². The van der Waals surface area contributed by atoms with Gasteiger partial charge in [-0.15, -0.1) is 0 Å². The molecule has 14 nitrogen and oxygen atoms in total. The van der Waals surface area contributed by atoms with Gasteiger partial charge in [-0.05, 0) is 99.0 Å². The van der Waals surface area contributed by atoms with Gasteiger partial charge in [-0.1, -0.05) is 63.3 Å². The summed E-state index contributed by atoms with van der Waals surface area (Å²) in [6.45, 7) is 21.0. The summed E-state index contributed by atoms with van der Waals surface area (Å²) in [7, 11) is 0. The van der Waals surface area contributed by atoms with Crippen LogP contribution in [-0.2, 0) is 30.3 Å². The van der Waals surface area contributed by atoms with Gasteiger partial charge >= 0.3 is 12.2 Å². The zero-order valence-corrected chi connectivity index (χ0v) is 35.6. The quantitative estimate of drug-likeness (QED) is 0.0845. The molecule has 14 heteroatoms. The van der Waals surface area contributed by atoms with Gasteiger partial charge < -0.3 is 41.3 Å². The number of amides is 5. The second-order valence-electron chi connectivity index (χ2n) is 17.7. The maximum absolute atomic E-state index is 14.4. The Labute approximate surface area is 334 Å². The highest BCUT2D eigenvalue weighted by Crippen LogP contribution is 2.38. The van der Waals surface area contributed by atoms with Crippen LogP contribution in [0.1, 0.15) is 120 Å². The van der Waals surface area contributed by atoms with Crippen molar-refractivity contribution < 1.29 is 38.7 Å². The monoisotopic (exact) mass is 787 g/mol. The topological polar surface area (TPSA) is 193 Å². The first-order valence-corrected chi connectivity index (χ1v) is 20.0. The van der Waals surface area contributed by atoms with Gasteiger partial charge in [-0.3, -0.25) is 14.4 Å². The first kappa shape index (κ1) is 48.0. The molecular weight excluding hydrogens is 716 g/mol. The second-order valence-corrected chi connectivity index (χ2v) is 17.7. The van der Waals surface area contributed by atoms with Gasteiger partial charge in [0.2, 0.25) is 17.7 Å². The molecule has 56 heavy (non-hydrogen) atoms. The highest BCUT2D eigenvalue weighted by Gasteiger charge is 2.46. The molecule has 1 heterocycles. The molecule has 5 amide bonds. The molecule has 6 N–H and O–H groups in total. The minimum Gasteiger partial charge on any atom is -0.446 e. The molecule has 316 valence electrons. The number of hydroxylamine groups is 2. The highest BCUT2D eigenvalue weighted by molar-refractivity contribution is 5.92. The average Bonchev–Trinajstić information content (AvgIpc) is 3.07. The number of benzene rings is 1. The van der Waals surface area contributed by atoms with E-state index in [1.165, 1.54) is 9.96 Å². The predicted octanol–water partition coefficient (Wildman–Crippen LogP) is 5.86. The minimum atomic E-state index is -1.03. The third-order valence-electron chi connectivity index (χ3n) is 9.69. The van der Waals surface area contributed by atoms with E-state index >= 15 is 0 Å². The van der Waals surface area contributed by atoms with Crippen LogP contribution in [0.2, 0.25) is 0 Å². The Hall–Kier alpha value is -4.17. The number of nitrogens with two attached hydrogens (primary N) is 1. The Morgan fingerprint density at radius 2 is 1.59 bits per heavy atom. The number of alkyl carbamates (subject to hydrolysis) is 2. The molecule has 1 aromatic carbocycles. The Balaban J connectivity index is 2.14. The van der Waals surface area contributed by atoms with Crippen molar-refractivity contribution in [1.29, 1.82) is 0 Å². The summed E-state index contributed by atoms with van der Waals surface area (Å²) < 4.78 is 11.1. The molecule has 0 radical (unpaired) electrons. The van der Waals surface area contributed by atoms with Crippen molar-refractivity contribution in [1.82, 2.24) is 25.9 Å². The second kappa shape index (κ2) is 21.4. The van der Waals surface area contributed by atoms with E-state index in [4.69, 9.17) is 15.2 Å². The van der Waals surface area contributed by atoms with Crippen LogP contribution >= 0.6 is 0 Å². The lowest BCUT2D eigenvalue weighted by Crippen LogP contribution is -2.60. The van der Waals surface area contributed by atoms with Crippen molar-refractivity contribution in [2.24, 2.45) is 17.6 Å². The number of nitrogens with zero attached hydrogens (tertiary/aromatic N) is 2. The Bertz CT molecular complexity index is 1460. The maximum atomic E-state index is 14.4. The third kappa shape index (κ3) is 16.1. The molecule has 0 spiro atoms. The van der Waals surface area contributed by atoms with Gasteiger partial charge in [-0.2, -0.15) is 5.06 Å². The summed E-state index contributed by atoms with van der Waals surface area (Å²) >= 11 is 0.